The molecule has 31 heavy (non-hydrogen) atoms. The Hall–Kier alpha value is -2.80. The highest BCUT2D eigenvalue weighted by molar-refractivity contribution is 7.99. The van der Waals surface area contributed by atoms with Gasteiger partial charge in [-0.05, 0) is 49.9 Å². The first-order chi connectivity index (χ1) is 15.2. The van der Waals surface area contributed by atoms with Crippen LogP contribution in [0.5, 0.6) is 0 Å². The molecule has 2 heterocycles. The minimum absolute atomic E-state index is 0.0842. The summed E-state index contributed by atoms with van der Waals surface area (Å²) in [6.07, 6.45) is 3.62. The number of piperidine rings is 1. The van der Waals surface area contributed by atoms with E-state index in [1.807, 2.05) is 48.5 Å². The number of esters is 1. The van der Waals surface area contributed by atoms with Crippen LogP contribution >= 0.6 is 11.8 Å². The predicted molar refractivity (Wildman–Crippen MR) is 125 cm³/mol. The number of ether oxygens (including phenoxy) is 1. The molecule has 7 heteroatoms. The first-order valence-electron chi connectivity index (χ1n) is 10.8. The van der Waals surface area contributed by atoms with Crippen LogP contribution in [0.3, 0.4) is 0 Å². The fourth-order valence-corrected chi connectivity index (χ4v) is 4.68. The summed E-state index contributed by atoms with van der Waals surface area (Å²) in [5.74, 6) is -0.194. The Morgan fingerprint density at radius 2 is 1.87 bits per heavy atom. The fraction of sp³-hybridized carbons (Fsp3) is 0.375. The molecule has 1 aliphatic heterocycles. The van der Waals surface area contributed by atoms with Crippen molar-refractivity contribution in [2.45, 2.75) is 37.9 Å². The lowest BCUT2D eigenvalue weighted by molar-refractivity contribution is -0.139. The molecule has 0 aliphatic carbocycles. The molecular formula is C24H27N3O3S. The van der Waals surface area contributed by atoms with Gasteiger partial charge in [-0.1, -0.05) is 42.1 Å². The highest BCUT2D eigenvalue weighted by atomic mass is 32.2. The number of thioether (sulfide) groups is 1. The van der Waals surface area contributed by atoms with Gasteiger partial charge in [-0.25, -0.2) is 4.98 Å². The lowest BCUT2D eigenvalue weighted by Crippen LogP contribution is -2.30. The van der Waals surface area contributed by atoms with Gasteiger partial charge in [-0.2, -0.15) is 0 Å². The lowest BCUT2D eigenvalue weighted by atomic mass is 10.1. The third-order valence-electron chi connectivity index (χ3n) is 5.43. The minimum atomic E-state index is -0.312. The molecule has 1 aromatic heterocycles. The van der Waals surface area contributed by atoms with E-state index in [0.29, 0.717) is 29.2 Å². The molecule has 162 valence electrons. The van der Waals surface area contributed by atoms with Gasteiger partial charge in [0.05, 0.1) is 29.8 Å². The molecule has 2 aromatic carbocycles. The third kappa shape index (κ3) is 5.10. The molecule has 0 saturated carbocycles. The first-order valence-corrected chi connectivity index (χ1v) is 11.8. The zero-order valence-corrected chi connectivity index (χ0v) is 18.6. The highest BCUT2D eigenvalue weighted by Crippen LogP contribution is 2.25. The molecule has 3 aromatic rings. The Bertz CT molecular complexity index is 1110. The van der Waals surface area contributed by atoms with Crippen molar-refractivity contribution < 1.29 is 9.53 Å². The van der Waals surface area contributed by atoms with E-state index in [1.54, 1.807) is 11.5 Å². The summed E-state index contributed by atoms with van der Waals surface area (Å²) in [7, 11) is 0. The SMILES string of the molecule is CCOC(=O)CSc1nc2ccc(N3CCCCC3)cc2c(=O)n1Cc1ccccc1. The van der Waals surface area contributed by atoms with Crippen LogP contribution in [-0.4, -0.2) is 41.0 Å². The van der Waals surface area contributed by atoms with Gasteiger partial charge in [-0.3, -0.25) is 14.2 Å². The second-order valence-electron chi connectivity index (χ2n) is 7.61. The van der Waals surface area contributed by atoms with E-state index in [2.05, 4.69) is 4.90 Å². The average Bonchev–Trinajstić information content (AvgIpc) is 2.81. The summed E-state index contributed by atoms with van der Waals surface area (Å²) in [5.41, 5.74) is 2.65. The minimum Gasteiger partial charge on any atom is -0.465 e. The molecule has 1 fully saturated rings. The number of anilines is 1. The van der Waals surface area contributed by atoms with Gasteiger partial charge >= 0.3 is 5.97 Å². The van der Waals surface area contributed by atoms with Crippen LogP contribution in [-0.2, 0) is 16.1 Å². The van der Waals surface area contributed by atoms with Gasteiger partial charge in [0, 0.05) is 18.8 Å². The smallest absolute Gasteiger partial charge is 0.316 e. The zero-order chi connectivity index (χ0) is 21.6. The van der Waals surface area contributed by atoms with Crippen LogP contribution in [0.4, 0.5) is 5.69 Å². The highest BCUT2D eigenvalue weighted by Gasteiger charge is 2.17. The van der Waals surface area contributed by atoms with Crippen LogP contribution in [0.15, 0.2) is 58.5 Å². The molecule has 0 bridgehead atoms. The van der Waals surface area contributed by atoms with E-state index < -0.39 is 0 Å². The summed E-state index contributed by atoms with van der Waals surface area (Å²) in [6.45, 7) is 4.56. The molecule has 6 nitrogen and oxygen atoms in total. The van der Waals surface area contributed by atoms with Gasteiger partial charge in [0.25, 0.3) is 5.56 Å². The van der Waals surface area contributed by atoms with Crippen molar-refractivity contribution in [2.24, 2.45) is 0 Å². The standard InChI is InChI=1S/C24H27N3O3S/c1-2-30-22(28)17-31-24-25-21-12-11-19(26-13-7-4-8-14-26)15-20(21)23(29)27(24)16-18-9-5-3-6-10-18/h3,5-6,9-12,15H,2,4,7-8,13-14,16-17H2,1H3. The van der Waals surface area contributed by atoms with Crippen LogP contribution in [0.25, 0.3) is 10.9 Å². The number of carbonyl (C=O) groups is 1. The lowest BCUT2D eigenvalue weighted by Gasteiger charge is -2.29. The van der Waals surface area contributed by atoms with Crippen molar-refractivity contribution in [1.29, 1.82) is 0 Å². The largest absolute Gasteiger partial charge is 0.465 e. The second-order valence-corrected chi connectivity index (χ2v) is 8.56. The van der Waals surface area contributed by atoms with E-state index in [0.717, 1.165) is 24.3 Å². The van der Waals surface area contributed by atoms with Gasteiger partial charge in [0.1, 0.15) is 0 Å². The maximum absolute atomic E-state index is 13.5. The van der Waals surface area contributed by atoms with Crippen molar-refractivity contribution in [1.82, 2.24) is 9.55 Å². The van der Waals surface area contributed by atoms with Gasteiger partial charge in [0.15, 0.2) is 5.16 Å². The summed E-state index contributed by atoms with van der Waals surface area (Å²) < 4.78 is 6.71. The number of hydrogen-bond donors (Lipinski definition) is 0. The van der Waals surface area contributed by atoms with Crippen molar-refractivity contribution >= 4 is 34.3 Å². The van der Waals surface area contributed by atoms with E-state index >= 15 is 0 Å². The summed E-state index contributed by atoms with van der Waals surface area (Å²) >= 11 is 1.24. The fourth-order valence-electron chi connectivity index (χ4n) is 3.88. The number of aromatic nitrogens is 2. The molecule has 0 radical (unpaired) electrons. The molecule has 0 amide bonds. The third-order valence-corrected chi connectivity index (χ3v) is 6.38. The van der Waals surface area contributed by atoms with Crippen LogP contribution in [0.1, 0.15) is 31.7 Å². The number of nitrogens with zero attached hydrogens (tertiary/aromatic N) is 3. The average molecular weight is 438 g/mol. The van der Waals surface area contributed by atoms with Crippen molar-refractivity contribution in [3.05, 3.63) is 64.4 Å². The summed E-state index contributed by atoms with van der Waals surface area (Å²) in [6, 6.07) is 15.8. The number of carbonyl (C=O) groups excluding carboxylic acids is 1. The van der Waals surface area contributed by atoms with Crippen LogP contribution < -0.4 is 10.5 Å². The topological polar surface area (TPSA) is 64.4 Å². The van der Waals surface area contributed by atoms with Crippen molar-refractivity contribution in [3.8, 4) is 0 Å². The Balaban J connectivity index is 1.74. The van der Waals surface area contributed by atoms with Gasteiger partial charge < -0.3 is 9.64 Å². The molecule has 4 rings (SSSR count). The molecule has 1 aliphatic rings. The van der Waals surface area contributed by atoms with Crippen molar-refractivity contribution in [3.63, 3.8) is 0 Å². The molecule has 0 N–H and O–H groups in total. The number of hydrogen-bond acceptors (Lipinski definition) is 6. The maximum atomic E-state index is 13.5. The number of fused-ring (bicyclic) bond motifs is 1. The Kier molecular flexibility index (Phi) is 6.92. The molecule has 0 unspecified atom stereocenters. The van der Waals surface area contributed by atoms with Crippen LogP contribution in [0, 0.1) is 0 Å². The number of rotatable bonds is 7. The second kappa shape index (κ2) is 10.0. The van der Waals surface area contributed by atoms with Crippen molar-refractivity contribution in [2.75, 3.05) is 30.3 Å². The molecule has 0 atom stereocenters. The van der Waals surface area contributed by atoms with E-state index in [4.69, 9.17) is 9.72 Å². The Morgan fingerprint density at radius 1 is 1.10 bits per heavy atom. The van der Waals surface area contributed by atoms with Crippen LogP contribution in [0.2, 0.25) is 0 Å². The Labute approximate surface area is 186 Å². The predicted octanol–water partition coefficient (Wildman–Crippen LogP) is 4.09. The van der Waals surface area contributed by atoms with Gasteiger partial charge in [0.2, 0.25) is 0 Å². The summed E-state index contributed by atoms with van der Waals surface area (Å²) in [4.78, 5) is 32.5. The van der Waals surface area contributed by atoms with E-state index in [9.17, 15) is 9.59 Å². The monoisotopic (exact) mass is 437 g/mol. The van der Waals surface area contributed by atoms with E-state index in [-0.39, 0.29) is 17.3 Å². The normalized spacial score (nSPS) is 14.0. The Morgan fingerprint density at radius 3 is 2.61 bits per heavy atom. The molecular weight excluding hydrogens is 410 g/mol. The quantitative estimate of drug-likeness (QED) is 0.315. The molecule has 1 saturated heterocycles. The number of benzene rings is 2. The maximum Gasteiger partial charge on any atom is 0.316 e. The van der Waals surface area contributed by atoms with E-state index in [1.165, 1.54) is 31.0 Å². The summed E-state index contributed by atoms with van der Waals surface area (Å²) in [5, 5.41) is 1.14. The van der Waals surface area contributed by atoms with Gasteiger partial charge in [-0.15, -0.1) is 0 Å². The molecule has 0 spiro atoms. The zero-order valence-electron chi connectivity index (χ0n) is 17.8. The first kappa shape index (κ1) is 21.4.